The number of rotatable bonds is 10. The maximum Gasteiger partial charge on any atom is 0.265 e. The number of hydrogen-bond acceptors (Lipinski definition) is 5. The first kappa shape index (κ1) is 24.4. The van der Waals surface area contributed by atoms with Crippen LogP contribution in [0.5, 0.6) is 11.5 Å². The molecule has 0 saturated heterocycles. The van der Waals surface area contributed by atoms with Crippen LogP contribution in [-0.2, 0) is 14.8 Å². The number of benzene rings is 3. The van der Waals surface area contributed by atoms with Gasteiger partial charge in [-0.2, -0.15) is 0 Å². The monoisotopic (exact) mass is 488 g/mol. The van der Waals surface area contributed by atoms with Gasteiger partial charge in [0.25, 0.3) is 15.9 Å². The van der Waals surface area contributed by atoms with Gasteiger partial charge in [0.05, 0.1) is 11.5 Å². The van der Waals surface area contributed by atoms with Crippen LogP contribution in [0.2, 0.25) is 5.02 Å². The van der Waals surface area contributed by atoms with Crippen molar-refractivity contribution >= 4 is 38.9 Å². The van der Waals surface area contributed by atoms with E-state index in [1.54, 1.807) is 48.5 Å². The first-order valence-corrected chi connectivity index (χ1v) is 12.3. The molecule has 0 fully saturated rings. The van der Waals surface area contributed by atoms with Gasteiger partial charge in [-0.05, 0) is 80.1 Å². The average molecular weight is 489 g/mol. The number of anilines is 2. The molecule has 0 heterocycles. The van der Waals surface area contributed by atoms with Gasteiger partial charge < -0.3 is 14.8 Å². The lowest BCUT2D eigenvalue weighted by Gasteiger charge is -2.17. The second-order valence-corrected chi connectivity index (χ2v) is 9.17. The van der Waals surface area contributed by atoms with E-state index in [1.807, 2.05) is 13.8 Å². The largest absolute Gasteiger partial charge is 0.494 e. The van der Waals surface area contributed by atoms with Gasteiger partial charge in [0.2, 0.25) is 0 Å². The molecule has 1 atom stereocenters. The third kappa shape index (κ3) is 6.87. The van der Waals surface area contributed by atoms with Crippen LogP contribution in [0.3, 0.4) is 0 Å². The molecular formula is C24H25ClN2O5S. The Hall–Kier alpha value is -3.23. The molecule has 0 spiro atoms. The molecule has 0 aliphatic heterocycles. The minimum atomic E-state index is -3.79. The number of carbonyl (C=O) groups excluding carboxylic acids is 1. The fourth-order valence-electron chi connectivity index (χ4n) is 2.97. The number of halogens is 1. The summed E-state index contributed by atoms with van der Waals surface area (Å²) < 4.78 is 39.0. The Morgan fingerprint density at radius 1 is 0.939 bits per heavy atom. The highest BCUT2D eigenvalue weighted by molar-refractivity contribution is 7.92. The summed E-state index contributed by atoms with van der Waals surface area (Å²) in [6, 6.07) is 19.3. The van der Waals surface area contributed by atoms with Gasteiger partial charge >= 0.3 is 0 Å². The molecule has 7 nitrogen and oxygen atoms in total. The van der Waals surface area contributed by atoms with Gasteiger partial charge in [-0.3, -0.25) is 9.52 Å². The van der Waals surface area contributed by atoms with Crippen molar-refractivity contribution in [2.45, 2.75) is 31.3 Å². The molecule has 0 aliphatic carbocycles. The Morgan fingerprint density at radius 2 is 1.61 bits per heavy atom. The molecule has 33 heavy (non-hydrogen) atoms. The summed E-state index contributed by atoms with van der Waals surface area (Å²) in [5.74, 6) is 0.803. The van der Waals surface area contributed by atoms with Crippen molar-refractivity contribution in [2.24, 2.45) is 0 Å². The molecule has 9 heteroatoms. The van der Waals surface area contributed by atoms with E-state index in [4.69, 9.17) is 21.1 Å². The molecule has 0 aromatic heterocycles. The minimum Gasteiger partial charge on any atom is -0.494 e. The molecule has 174 valence electrons. The highest BCUT2D eigenvalue weighted by Crippen LogP contribution is 2.22. The van der Waals surface area contributed by atoms with Gasteiger partial charge in [-0.1, -0.05) is 24.6 Å². The van der Waals surface area contributed by atoms with E-state index in [1.165, 1.54) is 24.3 Å². The second kappa shape index (κ2) is 11.1. The van der Waals surface area contributed by atoms with E-state index >= 15 is 0 Å². The van der Waals surface area contributed by atoms with Gasteiger partial charge in [0.1, 0.15) is 11.5 Å². The molecule has 3 aromatic rings. The van der Waals surface area contributed by atoms with Crippen molar-refractivity contribution in [3.63, 3.8) is 0 Å². The van der Waals surface area contributed by atoms with Crippen LogP contribution in [0.15, 0.2) is 77.7 Å². The predicted octanol–water partition coefficient (Wildman–Crippen LogP) is 5.34. The molecule has 1 unspecified atom stereocenters. The molecule has 0 aliphatic rings. The Kier molecular flexibility index (Phi) is 8.19. The molecule has 0 saturated carbocycles. The number of hydrogen-bond donors (Lipinski definition) is 2. The molecule has 3 rings (SSSR count). The Morgan fingerprint density at radius 3 is 2.21 bits per heavy atom. The predicted molar refractivity (Wildman–Crippen MR) is 130 cm³/mol. The molecule has 3 aromatic carbocycles. The summed E-state index contributed by atoms with van der Waals surface area (Å²) >= 11 is 5.96. The standard InChI is InChI=1S/C24H25ClN2O5S/c1-3-23(32-21-7-5-6-17(25)16-21)24(28)26-18-10-14-22(15-11-18)33(29,30)27-19-8-12-20(13-9-19)31-4-2/h5-16,23,27H,3-4H2,1-2H3,(H,26,28). The third-order valence-electron chi connectivity index (χ3n) is 4.59. The number of amides is 1. The van der Waals surface area contributed by atoms with Crippen molar-refractivity contribution in [1.82, 2.24) is 0 Å². The summed E-state index contributed by atoms with van der Waals surface area (Å²) in [5, 5.41) is 3.26. The molecule has 1 amide bonds. The fraction of sp³-hybridized carbons (Fsp3) is 0.208. The number of carbonyl (C=O) groups is 1. The van der Waals surface area contributed by atoms with Gasteiger partial charge in [0, 0.05) is 16.4 Å². The smallest absolute Gasteiger partial charge is 0.265 e. The van der Waals surface area contributed by atoms with Crippen LogP contribution >= 0.6 is 11.6 Å². The highest BCUT2D eigenvalue weighted by atomic mass is 35.5. The van der Waals surface area contributed by atoms with Gasteiger partial charge in [-0.25, -0.2) is 8.42 Å². The molecular weight excluding hydrogens is 464 g/mol. The third-order valence-corrected chi connectivity index (χ3v) is 6.22. The zero-order chi connectivity index (χ0) is 23.8. The maximum atomic E-state index is 12.7. The van der Waals surface area contributed by atoms with Crippen LogP contribution < -0.4 is 19.5 Å². The number of nitrogens with one attached hydrogen (secondary N) is 2. The van der Waals surface area contributed by atoms with Crippen LogP contribution in [0.4, 0.5) is 11.4 Å². The quantitative estimate of drug-likeness (QED) is 0.402. The lowest BCUT2D eigenvalue weighted by molar-refractivity contribution is -0.122. The van der Waals surface area contributed by atoms with E-state index in [9.17, 15) is 13.2 Å². The fourth-order valence-corrected chi connectivity index (χ4v) is 4.21. The average Bonchev–Trinajstić information content (AvgIpc) is 2.79. The van der Waals surface area contributed by atoms with E-state index < -0.39 is 16.1 Å². The summed E-state index contributed by atoms with van der Waals surface area (Å²) in [4.78, 5) is 12.7. The van der Waals surface area contributed by atoms with Crippen molar-refractivity contribution < 1.29 is 22.7 Å². The van der Waals surface area contributed by atoms with Gasteiger partial charge in [-0.15, -0.1) is 0 Å². The topological polar surface area (TPSA) is 93.7 Å². The van der Waals surface area contributed by atoms with Crippen LogP contribution in [-0.4, -0.2) is 27.0 Å². The van der Waals surface area contributed by atoms with Crippen molar-refractivity contribution in [2.75, 3.05) is 16.6 Å². The minimum absolute atomic E-state index is 0.0663. The van der Waals surface area contributed by atoms with E-state index in [-0.39, 0.29) is 10.8 Å². The normalized spacial score (nSPS) is 12.0. The molecule has 0 bridgehead atoms. The Balaban J connectivity index is 1.64. The molecule has 2 N–H and O–H groups in total. The number of sulfonamides is 1. The summed E-state index contributed by atoms with van der Waals surface area (Å²) in [6.07, 6.45) is -0.287. The van der Waals surface area contributed by atoms with Gasteiger partial charge in [0.15, 0.2) is 6.10 Å². The lowest BCUT2D eigenvalue weighted by Crippen LogP contribution is -2.32. The van der Waals surface area contributed by atoms with E-state index in [0.717, 1.165) is 0 Å². The first-order valence-electron chi connectivity index (χ1n) is 10.4. The maximum absolute atomic E-state index is 12.7. The van der Waals surface area contributed by atoms with Crippen molar-refractivity contribution in [1.29, 1.82) is 0 Å². The van der Waals surface area contributed by atoms with E-state index in [0.29, 0.717) is 40.9 Å². The summed E-state index contributed by atoms with van der Waals surface area (Å²) in [6.45, 7) is 4.23. The summed E-state index contributed by atoms with van der Waals surface area (Å²) in [7, 11) is -3.79. The zero-order valence-electron chi connectivity index (χ0n) is 18.2. The van der Waals surface area contributed by atoms with Crippen molar-refractivity contribution in [3.05, 3.63) is 77.8 Å². The zero-order valence-corrected chi connectivity index (χ0v) is 19.8. The Labute approximate surface area is 198 Å². The van der Waals surface area contributed by atoms with Crippen LogP contribution in [0.1, 0.15) is 20.3 Å². The molecule has 0 radical (unpaired) electrons. The van der Waals surface area contributed by atoms with Crippen molar-refractivity contribution in [3.8, 4) is 11.5 Å². The SMILES string of the molecule is CCOc1ccc(NS(=O)(=O)c2ccc(NC(=O)C(CC)Oc3cccc(Cl)c3)cc2)cc1. The Bertz CT molecular complexity index is 1180. The van der Waals surface area contributed by atoms with Crippen LogP contribution in [0.25, 0.3) is 0 Å². The number of ether oxygens (including phenoxy) is 2. The van der Waals surface area contributed by atoms with Crippen LogP contribution in [0, 0.1) is 0 Å². The summed E-state index contributed by atoms with van der Waals surface area (Å²) in [5.41, 5.74) is 0.868. The lowest BCUT2D eigenvalue weighted by atomic mass is 10.2. The van der Waals surface area contributed by atoms with E-state index in [2.05, 4.69) is 10.0 Å². The first-order chi connectivity index (χ1) is 15.8. The second-order valence-electron chi connectivity index (χ2n) is 7.05. The highest BCUT2D eigenvalue weighted by Gasteiger charge is 2.20.